The van der Waals surface area contributed by atoms with Gasteiger partial charge in [-0.25, -0.2) is 23.3 Å². The third kappa shape index (κ3) is 14.8. The van der Waals surface area contributed by atoms with Crippen LogP contribution in [-0.4, -0.2) is 6.19 Å². The van der Waals surface area contributed by atoms with Gasteiger partial charge in [-0.2, -0.15) is 12.2 Å². The quantitative estimate of drug-likeness (QED) is 0.379. The van der Waals surface area contributed by atoms with Gasteiger partial charge in [0.25, 0.3) is 0 Å². The molecule has 0 saturated heterocycles. The fourth-order valence-electron chi connectivity index (χ4n) is 1.98. The van der Waals surface area contributed by atoms with Gasteiger partial charge >= 0.3 is 38.5 Å². The normalized spacial score (nSPS) is 14.6. The number of allylic oxidation sites excluding steroid dienone is 8. The van der Waals surface area contributed by atoms with Crippen molar-refractivity contribution < 1.29 is 19.2 Å². The molecule has 0 saturated carbocycles. The molecule has 0 atom stereocenters. The number of unbranched alkanes of at least 4 members (excludes halogenated alkanes) is 2. The molecule has 0 aromatic rings. The molecule has 0 bridgehead atoms. The average Bonchev–Trinajstić information content (AvgIpc) is 3.16. The number of hydrogen-bond donors (Lipinski definition) is 0. The van der Waals surface area contributed by atoms with E-state index in [0.29, 0.717) is 0 Å². The second kappa shape index (κ2) is 15.8. The van der Waals surface area contributed by atoms with Gasteiger partial charge in [-0.1, -0.05) is 52.4 Å². The molecule has 2 aliphatic rings. The molecule has 0 radical (unpaired) electrons. The summed E-state index contributed by atoms with van der Waals surface area (Å²) in [6.45, 7) is 8.98. The van der Waals surface area contributed by atoms with Crippen molar-refractivity contribution in [2.75, 3.05) is 0 Å². The summed E-state index contributed by atoms with van der Waals surface area (Å²) in [7, 11) is 0. The predicted molar refractivity (Wildman–Crippen MR) is 97.6 cm³/mol. The van der Waals surface area contributed by atoms with Crippen LogP contribution in [0.5, 0.6) is 0 Å². The molecule has 2 aliphatic carbocycles. The van der Waals surface area contributed by atoms with E-state index in [1.807, 2.05) is 0 Å². The molecular weight excluding hydrogens is 316 g/mol. The molecule has 2 rings (SSSR count). The Hall–Kier alpha value is -0.109. The molecule has 0 fully saturated rings. The Morgan fingerprint density at radius 1 is 0.909 bits per heavy atom. The molecule has 0 nitrogen and oxygen atoms in total. The van der Waals surface area contributed by atoms with Gasteiger partial charge < -0.3 is 0 Å². The second-order valence-corrected chi connectivity index (χ2v) is 12.5. The Bertz CT molecular complexity index is 375. The van der Waals surface area contributed by atoms with Crippen molar-refractivity contribution in [3.63, 3.8) is 0 Å². The van der Waals surface area contributed by atoms with Crippen molar-refractivity contribution in [3.05, 3.63) is 47.6 Å². The van der Waals surface area contributed by atoms with Crippen LogP contribution in [0.4, 0.5) is 0 Å². The van der Waals surface area contributed by atoms with E-state index in [-0.39, 0.29) is 6.19 Å². The van der Waals surface area contributed by atoms with E-state index in [1.165, 1.54) is 49.7 Å². The van der Waals surface area contributed by atoms with Crippen LogP contribution in [0.3, 0.4) is 0 Å². The topological polar surface area (TPSA) is 0 Å². The summed E-state index contributed by atoms with van der Waals surface area (Å²) in [6, 6.07) is 0. The van der Waals surface area contributed by atoms with E-state index in [1.54, 1.807) is 0 Å². The number of rotatable bonds is 6. The summed E-state index contributed by atoms with van der Waals surface area (Å²) in [5.74, 6) is 0. The summed E-state index contributed by atoms with van der Waals surface area (Å²) in [6.07, 6.45) is 25.2. The van der Waals surface area contributed by atoms with Crippen LogP contribution in [-0.2, 0) is 19.2 Å². The Kier molecular flexibility index (Phi) is 15.7. The molecule has 0 unspecified atom stereocenters. The van der Waals surface area contributed by atoms with Gasteiger partial charge in [0.2, 0.25) is 0 Å². The third-order valence-electron chi connectivity index (χ3n) is 3.13. The molecule has 0 heterocycles. The van der Waals surface area contributed by atoms with Gasteiger partial charge in [0.15, 0.2) is 0 Å². The first-order chi connectivity index (χ1) is 10.6. The van der Waals surface area contributed by atoms with Crippen molar-refractivity contribution in [1.29, 1.82) is 0 Å². The van der Waals surface area contributed by atoms with Crippen LogP contribution in [0.1, 0.15) is 65.2 Å². The summed E-state index contributed by atoms with van der Waals surface area (Å²) >= 11 is 2.27. The monoisotopic (exact) mass is 348 g/mol. The predicted octanol–water partition coefficient (Wildman–Crippen LogP) is 6.52. The fraction of sp³-hybridized carbons (Fsp3) is 0.600. The summed E-state index contributed by atoms with van der Waals surface area (Å²) in [5, 5.41) is 0. The molecule has 0 aromatic carbocycles. The second-order valence-electron chi connectivity index (χ2n) is 5.82. The fourth-order valence-corrected chi connectivity index (χ4v) is 1.98. The van der Waals surface area contributed by atoms with E-state index in [0.717, 1.165) is 12.8 Å². The Morgan fingerprint density at radius 2 is 1.27 bits per heavy atom. The van der Waals surface area contributed by atoms with Gasteiger partial charge in [0.1, 0.15) is 0 Å². The van der Waals surface area contributed by atoms with Gasteiger partial charge in [0, 0.05) is 0 Å². The van der Waals surface area contributed by atoms with E-state index in [9.17, 15) is 0 Å². The van der Waals surface area contributed by atoms with Gasteiger partial charge in [-0.05, 0) is 0 Å². The molecular formula is C20H32SiTi. The molecule has 0 spiro atoms. The maximum absolute atomic E-state index is 3.30. The molecule has 120 valence electrons. The van der Waals surface area contributed by atoms with Crippen molar-refractivity contribution in [1.82, 2.24) is 0 Å². The van der Waals surface area contributed by atoms with E-state index >= 15 is 0 Å². The van der Waals surface area contributed by atoms with Crippen LogP contribution >= 0.6 is 0 Å². The van der Waals surface area contributed by atoms with Gasteiger partial charge in [0.05, 0.1) is 0 Å². The standard InChI is InChI=1S/2C9H13.C2H6Si.Ti/c2*1-2-3-6-9-7-4-5-8-9;1-3-2;/h2*4,7H,2-3,5-6H2,1H3;1-2H3;/q2*-1;;+2. The van der Waals surface area contributed by atoms with Gasteiger partial charge in [-0.3, -0.25) is 12.2 Å². The van der Waals surface area contributed by atoms with E-state index in [2.05, 4.69) is 82.6 Å². The first-order valence-corrected chi connectivity index (χ1v) is 13.5. The first kappa shape index (κ1) is 21.9. The SMILES string of the molecule is CCCCC1=[C-]CC=C1.CCCCC1=[C-]CC=C1.C[Si](C)=[Ti+2]. The minimum atomic E-state index is 0.120. The zero-order valence-electron chi connectivity index (χ0n) is 15.0. The molecule has 2 heteroatoms. The van der Waals surface area contributed by atoms with Crippen LogP contribution in [0.15, 0.2) is 35.5 Å². The zero-order chi connectivity index (χ0) is 16.6. The van der Waals surface area contributed by atoms with Gasteiger partial charge in [-0.15, -0.1) is 12.8 Å². The molecule has 22 heavy (non-hydrogen) atoms. The molecule has 0 aliphatic heterocycles. The van der Waals surface area contributed by atoms with E-state index < -0.39 is 0 Å². The summed E-state index contributed by atoms with van der Waals surface area (Å²) in [5.41, 5.74) is 2.83. The first-order valence-electron chi connectivity index (χ1n) is 8.64. The van der Waals surface area contributed by atoms with Crippen LogP contribution in [0.2, 0.25) is 13.1 Å². The van der Waals surface area contributed by atoms with Crippen LogP contribution in [0, 0.1) is 12.2 Å². The van der Waals surface area contributed by atoms with Crippen LogP contribution < -0.4 is 0 Å². The maximum atomic E-state index is 3.30. The Balaban J connectivity index is 0.000000326. The van der Waals surface area contributed by atoms with Crippen molar-refractivity contribution in [3.8, 4) is 0 Å². The Morgan fingerprint density at radius 3 is 1.50 bits per heavy atom. The average molecular weight is 348 g/mol. The third-order valence-corrected chi connectivity index (χ3v) is 3.13. The summed E-state index contributed by atoms with van der Waals surface area (Å²) in [4.78, 5) is 0. The minimum absolute atomic E-state index is 0.120. The van der Waals surface area contributed by atoms with Crippen molar-refractivity contribution in [2.45, 2.75) is 78.3 Å². The van der Waals surface area contributed by atoms with Crippen LogP contribution in [0.25, 0.3) is 0 Å². The summed E-state index contributed by atoms with van der Waals surface area (Å²) < 4.78 is 0. The number of hydrogen-bond acceptors (Lipinski definition) is 0. The molecule has 0 amide bonds. The molecule has 0 aromatic heterocycles. The van der Waals surface area contributed by atoms with E-state index in [4.69, 9.17) is 0 Å². The Labute approximate surface area is 151 Å². The van der Waals surface area contributed by atoms with Crippen molar-refractivity contribution in [2.24, 2.45) is 0 Å². The molecule has 0 N–H and O–H groups in total. The van der Waals surface area contributed by atoms with Crippen molar-refractivity contribution >= 4 is 6.19 Å². The zero-order valence-corrected chi connectivity index (χ0v) is 17.5.